The van der Waals surface area contributed by atoms with Gasteiger partial charge in [0, 0.05) is 25.4 Å². The highest BCUT2D eigenvalue weighted by Crippen LogP contribution is 2.22. The Morgan fingerprint density at radius 1 is 1.72 bits per heavy atom. The fourth-order valence-electron chi connectivity index (χ4n) is 2.25. The van der Waals surface area contributed by atoms with Gasteiger partial charge in [0.25, 0.3) is 5.91 Å². The monoisotopic (exact) mass is 267 g/mol. The predicted molar refractivity (Wildman–Crippen MR) is 70.4 cm³/mol. The predicted octanol–water partition coefficient (Wildman–Crippen LogP) is 2.15. The molecule has 1 amide bonds. The van der Waals surface area contributed by atoms with Crippen molar-refractivity contribution >= 4 is 23.0 Å². The standard InChI is InChI=1S/C12H17N3O2S/c1-3-9-6-15(5-4-10(9)14-17)12(16)11-8(2)13-7-18-11/h7,9,17H,3-6H2,1-2H3. The number of nitrogens with zero attached hydrogens (tertiary/aromatic N) is 3. The molecule has 1 atom stereocenters. The summed E-state index contributed by atoms with van der Waals surface area (Å²) in [5.74, 6) is 0.214. The van der Waals surface area contributed by atoms with Gasteiger partial charge in [0.2, 0.25) is 0 Å². The molecule has 2 heterocycles. The van der Waals surface area contributed by atoms with Crippen LogP contribution in [0.5, 0.6) is 0 Å². The number of likely N-dealkylation sites (tertiary alicyclic amines) is 1. The van der Waals surface area contributed by atoms with Crippen LogP contribution in [0.4, 0.5) is 0 Å². The van der Waals surface area contributed by atoms with E-state index in [9.17, 15) is 4.79 Å². The fraction of sp³-hybridized carbons (Fsp3) is 0.583. The molecule has 1 saturated heterocycles. The van der Waals surface area contributed by atoms with E-state index in [0.29, 0.717) is 24.4 Å². The maximum Gasteiger partial charge on any atom is 0.265 e. The second-order valence-electron chi connectivity index (χ2n) is 4.46. The SMILES string of the molecule is CCC1CN(C(=O)c2scnc2C)CCC1=NO. The lowest BCUT2D eigenvalue weighted by Gasteiger charge is -2.32. The Balaban J connectivity index is 2.12. The topological polar surface area (TPSA) is 65.8 Å². The van der Waals surface area contributed by atoms with Gasteiger partial charge in [-0.25, -0.2) is 4.98 Å². The van der Waals surface area contributed by atoms with Gasteiger partial charge in [-0.05, 0) is 13.3 Å². The van der Waals surface area contributed by atoms with Crippen LogP contribution in [0.1, 0.15) is 35.1 Å². The van der Waals surface area contributed by atoms with Gasteiger partial charge >= 0.3 is 0 Å². The number of piperidine rings is 1. The molecule has 5 nitrogen and oxygen atoms in total. The molecule has 1 aromatic heterocycles. The molecule has 0 aliphatic carbocycles. The van der Waals surface area contributed by atoms with Crippen molar-refractivity contribution in [3.05, 3.63) is 16.1 Å². The Morgan fingerprint density at radius 3 is 3.06 bits per heavy atom. The van der Waals surface area contributed by atoms with Crippen molar-refractivity contribution in [2.75, 3.05) is 13.1 Å². The quantitative estimate of drug-likeness (QED) is 0.659. The van der Waals surface area contributed by atoms with E-state index in [0.717, 1.165) is 17.8 Å². The first-order valence-corrected chi connectivity index (χ1v) is 6.95. The summed E-state index contributed by atoms with van der Waals surface area (Å²) in [5.41, 5.74) is 3.30. The number of rotatable bonds is 2. The molecule has 1 aromatic rings. The molecular weight excluding hydrogens is 250 g/mol. The molecule has 1 aliphatic rings. The van der Waals surface area contributed by atoms with Gasteiger partial charge in [0.15, 0.2) is 0 Å². The van der Waals surface area contributed by atoms with Crippen LogP contribution in [0, 0.1) is 12.8 Å². The van der Waals surface area contributed by atoms with Crippen LogP contribution >= 0.6 is 11.3 Å². The van der Waals surface area contributed by atoms with Gasteiger partial charge in [0.1, 0.15) is 4.88 Å². The zero-order valence-corrected chi connectivity index (χ0v) is 11.4. The van der Waals surface area contributed by atoms with Crippen LogP contribution in [-0.2, 0) is 0 Å². The van der Waals surface area contributed by atoms with Crippen LogP contribution < -0.4 is 0 Å². The number of amides is 1. The van der Waals surface area contributed by atoms with Crippen molar-refractivity contribution in [2.24, 2.45) is 11.1 Å². The lowest BCUT2D eigenvalue weighted by molar-refractivity contribution is 0.0733. The maximum atomic E-state index is 12.3. The van der Waals surface area contributed by atoms with Crippen molar-refractivity contribution in [3.8, 4) is 0 Å². The van der Waals surface area contributed by atoms with Crippen molar-refractivity contribution in [3.63, 3.8) is 0 Å². The highest BCUT2D eigenvalue weighted by molar-refractivity contribution is 7.11. The minimum Gasteiger partial charge on any atom is -0.411 e. The van der Waals surface area contributed by atoms with Crippen LogP contribution in [0.3, 0.4) is 0 Å². The number of aromatic nitrogens is 1. The van der Waals surface area contributed by atoms with Crippen LogP contribution in [-0.4, -0.2) is 39.8 Å². The number of hydrogen-bond donors (Lipinski definition) is 1. The summed E-state index contributed by atoms with van der Waals surface area (Å²) in [6, 6.07) is 0. The van der Waals surface area contributed by atoms with Crippen molar-refractivity contribution in [1.82, 2.24) is 9.88 Å². The summed E-state index contributed by atoms with van der Waals surface area (Å²) in [7, 11) is 0. The number of carbonyl (C=O) groups excluding carboxylic acids is 1. The third-order valence-corrected chi connectivity index (χ3v) is 4.31. The Morgan fingerprint density at radius 2 is 2.50 bits per heavy atom. The van der Waals surface area contributed by atoms with E-state index < -0.39 is 0 Å². The summed E-state index contributed by atoms with van der Waals surface area (Å²) < 4.78 is 0. The van der Waals surface area contributed by atoms with E-state index in [1.165, 1.54) is 11.3 Å². The molecule has 18 heavy (non-hydrogen) atoms. The van der Waals surface area contributed by atoms with Gasteiger partial charge in [0.05, 0.1) is 16.9 Å². The minimum atomic E-state index is 0.0467. The largest absolute Gasteiger partial charge is 0.411 e. The van der Waals surface area contributed by atoms with Crippen molar-refractivity contribution in [1.29, 1.82) is 0 Å². The van der Waals surface area contributed by atoms with Crippen molar-refractivity contribution in [2.45, 2.75) is 26.7 Å². The smallest absolute Gasteiger partial charge is 0.265 e. The Hall–Kier alpha value is -1.43. The summed E-state index contributed by atoms with van der Waals surface area (Å²) in [6.07, 6.45) is 1.53. The zero-order valence-electron chi connectivity index (χ0n) is 10.6. The van der Waals surface area contributed by atoms with Crippen LogP contribution in [0.15, 0.2) is 10.7 Å². The van der Waals surface area contributed by atoms with Gasteiger partial charge in [-0.2, -0.15) is 0 Å². The molecule has 0 spiro atoms. The van der Waals surface area contributed by atoms with E-state index in [1.807, 2.05) is 18.7 Å². The first-order chi connectivity index (χ1) is 8.67. The van der Waals surface area contributed by atoms with Gasteiger partial charge < -0.3 is 10.1 Å². The molecule has 0 saturated carbocycles. The molecule has 0 radical (unpaired) electrons. The Labute approximate surface area is 110 Å². The van der Waals surface area contributed by atoms with Gasteiger partial charge in [-0.3, -0.25) is 4.79 Å². The van der Waals surface area contributed by atoms with E-state index in [4.69, 9.17) is 5.21 Å². The molecule has 1 unspecified atom stereocenters. The first-order valence-electron chi connectivity index (χ1n) is 6.07. The normalized spacial score (nSPS) is 22.4. The van der Waals surface area contributed by atoms with E-state index in [1.54, 1.807) is 5.51 Å². The summed E-state index contributed by atoms with van der Waals surface area (Å²) >= 11 is 1.38. The summed E-state index contributed by atoms with van der Waals surface area (Å²) in [5, 5.41) is 12.3. The van der Waals surface area contributed by atoms with Gasteiger partial charge in [-0.1, -0.05) is 12.1 Å². The van der Waals surface area contributed by atoms with Crippen LogP contribution in [0.25, 0.3) is 0 Å². The Kier molecular flexibility index (Phi) is 3.96. The first kappa shape index (κ1) is 13.0. The Bertz CT molecular complexity index is 470. The molecule has 1 aliphatic heterocycles. The fourth-order valence-corrected chi connectivity index (χ4v) is 3.02. The van der Waals surface area contributed by atoms with E-state index in [2.05, 4.69) is 10.1 Å². The third kappa shape index (κ3) is 2.38. The van der Waals surface area contributed by atoms with Crippen LogP contribution in [0.2, 0.25) is 0 Å². The van der Waals surface area contributed by atoms with E-state index >= 15 is 0 Å². The lowest BCUT2D eigenvalue weighted by atomic mass is 9.93. The molecular formula is C12H17N3O2S. The molecule has 98 valence electrons. The molecule has 0 aromatic carbocycles. The molecule has 1 N–H and O–H groups in total. The third-order valence-electron chi connectivity index (χ3n) is 3.40. The zero-order chi connectivity index (χ0) is 13.1. The summed E-state index contributed by atoms with van der Waals surface area (Å²) in [4.78, 5) is 19.0. The lowest BCUT2D eigenvalue weighted by Crippen LogP contribution is -2.44. The second kappa shape index (κ2) is 5.48. The molecule has 2 rings (SSSR count). The minimum absolute atomic E-state index is 0.0467. The van der Waals surface area contributed by atoms with E-state index in [-0.39, 0.29) is 11.8 Å². The second-order valence-corrected chi connectivity index (χ2v) is 5.32. The number of thiazole rings is 1. The highest BCUT2D eigenvalue weighted by atomic mass is 32.1. The number of carbonyl (C=O) groups is 1. The average Bonchev–Trinajstić information content (AvgIpc) is 2.83. The summed E-state index contributed by atoms with van der Waals surface area (Å²) in [6.45, 7) is 5.14. The molecule has 1 fully saturated rings. The van der Waals surface area contributed by atoms with Crippen molar-refractivity contribution < 1.29 is 10.0 Å². The maximum absolute atomic E-state index is 12.3. The number of hydrogen-bond acceptors (Lipinski definition) is 5. The number of aryl methyl sites for hydroxylation is 1. The number of oxime groups is 1. The average molecular weight is 267 g/mol. The molecule has 6 heteroatoms. The molecule has 0 bridgehead atoms. The van der Waals surface area contributed by atoms with Gasteiger partial charge in [-0.15, -0.1) is 11.3 Å². The highest BCUT2D eigenvalue weighted by Gasteiger charge is 2.29.